The van der Waals surface area contributed by atoms with Crippen LogP contribution in [0, 0.1) is 0 Å². The van der Waals surface area contributed by atoms with Crippen LogP contribution in [0.3, 0.4) is 0 Å². The van der Waals surface area contributed by atoms with Gasteiger partial charge in [-0.05, 0) is 43.2 Å². The molecule has 1 aromatic heterocycles. The fraction of sp³-hybridized carbons (Fsp3) is 0.294. The zero-order valence-corrected chi connectivity index (χ0v) is 15.7. The molecule has 1 saturated heterocycles. The molecule has 0 aliphatic carbocycles. The molecule has 7 nitrogen and oxygen atoms in total. The molecule has 2 heterocycles. The molecule has 1 amide bonds. The van der Waals surface area contributed by atoms with E-state index in [2.05, 4.69) is 10.3 Å². The van der Waals surface area contributed by atoms with Crippen LogP contribution in [0.15, 0.2) is 47.5 Å². The first-order valence-corrected chi connectivity index (χ1v) is 9.54. The SMILES string of the molecule is Cl.Nc1ccc(NC(=O)c2cccc(S(=O)(=O)N3CCCCC3)c2)cn1. The molecule has 140 valence electrons. The fourth-order valence-electron chi connectivity index (χ4n) is 2.73. The maximum atomic E-state index is 12.7. The Morgan fingerprint density at radius 3 is 2.50 bits per heavy atom. The van der Waals surface area contributed by atoms with Crippen LogP contribution in [0.1, 0.15) is 29.6 Å². The Morgan fingerprint density at radius 2 is 1.85 bits per heavy atom. The summed E-state index contributed by atoms with van der Waals surface area (Å²) in [5, 5.41) is 2.68. The number of anilines is 2. The van der Waals surface area contributed by atoms with Gasteiger partial charge in [-0.15, -0.1) is 12.4 Å². The van der Waals surface area contributed by atoms with Crippen LogP contribution in [0.25, 0.3) is 0 Å². The Bertz CT molecular complexity index is 866. The van der Waals surface area contributed by atoms with Gasteiger partial charge >= 0.3 is 0 Å². The number of amides is 1. The second-order valence-electron chi connectivity index (χ2n) is 5.92. The topological polar surface area (TPSA) is 105 Å². The Balaban J connectivity index is 0.00000243. The molecule has 3 N–H and O–H groups in total. The number of hydrogen-bond acceptors (Lipinski definition) is 5. The molecule has 0 spiro atoms. The zero-order valence-electron chi connectivity index (χ0n) is 14.1. The molecule has 0 atom stereocenters. The smallest absolute Gasteiger partial charge is 0.255 e. The van der Waals surface area contributed by atoms with Crippen LogP contribution in [-0.2, 0) is 10.0 Å². The Hall–Kier alpha value is -2.16. The van der Waals surface area contributed by atoms with Gasteiger partial charge in [-0.3, -0.25) is 4.79 Å². The molecule has 1 fully saturated rings. The highest BCUT2D eigenvalue weighted by Crippen LogP contribution is 2.21. The van der Waals surface area contributed by atoms with Crippen molar-refractivity contribution in [3.8, 4) is 0 Å². The Kier molecular flexibility index (Phi) is 6.57. The number of hydrogen-bond donors (Lipinski definition) is 2. The van der Waals surface area contributed by atoms with Gasteiger partial charge in [-0.2, -0.15) is 4.31 Å². The monoisotopic (exact) mass is 396 g/mol. The number of benzene rings is 1. The molecule has 9 heteroatoms. The summed E-state index contributed by atoms with van der Waals surface area (Å²) in [6.45, 7) is 1.05. The van der Waals surface area contributed by atoms with Crippen molar-refractivity contribution in [1.82, 2.24) is 9.29 Å². The summed E-state index contributed by atoms with van der Waals surface area (Å²) in [4.78, 5) is 16.4. The van der Waals surface area contributed by atoms with Crippen molar-refractivity contribution in [2.45, 2.75) is 24.2 Å². The number of sulfonamides is 1. The van der Waals surface area contributed by atoms with Crippen molar-refractivity contribution >= 4 is 39.8 Å². The van der Waals surface area contributed by atoms with Crippen molar-refractivity contribution in [3.05, 3.63) is 48.2 Å². The lowest BCUT2D eigenvalue weighted by atomic mass is 10.2. The summed E-state index contributed by atoms with van der Waals surface area (Å²) in [6.07, 6.45) is 4.22. The molecule has 1 aliphatic heterocycles. The van der Waals surface area contributed by atoms with Gasteiger partial charge in [0, 0.05) is 18.7 Å². The minimum absolute atomic E-state index is 0. The molecular weight excluding hydrogens is 376 g/mol. The van der Waals surface area contributed by atoms with Crippen LogP contribution in [-0.4, -0.2) is 36.7 Å². The molecule has 1 aliphatic rings. The summed E-state index contributed by atoms with van der Waals surface area (Å²) in [6, 6.07) is 9.29. The van der Waals surface area contributed by atoms with Crippen LogP contribution < -0.4 is 11.1 Å². The molecule has 2 aromatic rings. The van der Waals surface area contributed by atoms with E-state index in [0.29, 0.717) is 24.6 Å². The molecule has 1 aromatic carbocycles. The number of pyridine rings is 1. The number of nitrogens with one attached hydrogen (secondary N) is 1. The molecule has 0 bridgehead atoms. The third kappa shape index (κ3) is 4.51. The third-order valence-corrected chi connectivity index (χ3v) is 5.99. The normalized spacial score (nSPS) is 15.1. The van der Waals surface area contributed by atoms with Crippen molar-refractivity contribution in [2.75, 3.05) is 24.1 Å². The van der Waals surface area contributed by atoms with E-state index < -0.39 is 15.9 Å². The molecule has 26 heavy (non-hydrogen) atoms. The number of nitrogens with two attached hydrogens (primary N) is 1. The lowest BCUT2D eigenvalue weighted by molar-refractivity contribution is 0.102. The van der Waals surface area contributed by atoms with E-state index in [1.807, 2.05) is 0 Å². The van der Waals surface area contributed by atoms with E-state index >= 15 is 0 Å². The van der Waals surface area contributed by atoms with Crippen LogP contribution in [0.5, 0.6) is 0 Å². The van der Waals surface area contributed by atoms with Gasteiger partial charge in [0.05, 0.1) is 16.8 Å². The molecule has 0 unspecified atom stereocenters. The first-order chi connectivity index (χ1) is 12.0. The number of rotatable bonds is 4. The number of piperidine rings is 1. The predicted molar refractivity (Wildman–Crippen MR) is 103 cm³/mol. The second kappa shape index (κ2) is 8.48. The molecule has 0 radical (unpaired) electrons. The maximum Gasteiger partial charge on any atom is 0.255 e. The van der Waals surface area contributed by atoms with Gasteiger partial charge in [0.2, 0.25) is 10.0 Å². The van der Waals surface area contributed by atoms with Gasteiger partial charge in [-0.25, -0.2) is 13.4 Å². The van der Waals surface area contributed by atoms with Crippen LogP contribution in [0.4, 0.5) is 11.5 Å². The van der Waals surface area contributed by atoms with E-state index in [1.165, 1.54) is 22.6 Å². The van der Waals surface area contributed by atoms with Gasteiger partial charge in [0.15, 0.2) is 0 Å². The van der Waals surface area contributed by atoms with Crippen LogP contribution >= 0.6 is 12.4 Å². The van der Waals surface area contributed by atoms with E-state index in [4.69, 9.17) is 5.73 Å². The Morgan fingerprint density at radius 1 is 1.12 bits per heavy atom. The fourth-order valence-corrected chi connectivity index (χ4v) is 4.30. The first kappa shape index (κ1) is 20.2. The van der Waals surface area contributed by atoms with Crippen molar-refractivity contribution < 1.29 is 13.2 Å². The van der Waals surface area contributed by atoms with Gasteiger partial charge < -0.3 is 11.1 Å². The first-order valence-electron chi connectivity index (χ1n) is 8.10. The average Bonchev–Trinajstić information content (AvgIpc) is 2.64. The zero-order chi connectivity index (χ0) is 17.9. The average molecular weight is 397 g/mol. The highest BCUT2D eigenvalue weighted by Gasteiger charge is 2.26. The lowest BCUT2D eigenvalue weighted by Gasteiger charge is -2.26. The summed E-state index contributed by atoms with van der Waals surface area (Å²) in [7, 11) is -3.57. The summed E-state index contributed by atoms with van der Waals surface area (Å²) >= 11 is 0. The maximum absolute atomic E-state index is 12.7. The minimum Gasteiger partial charge on any atom is -0.384 e. The third-order valence-electron chi connectivity index (χ3n) is 4.09. The highest BCUT2D eigenvalue weighted by molar-refractivity contribution is 7.89. The number of nitrogen functional groups attached to an aromatic ring is 1. The summed E-state index contributed by atoms with van der Waals surface area (Å²) < 4.78 is 26.9. The summed E-state index contributed by atoms with van der Waals surface area (Å²) in [5.41, 5.74) is 6.27. The Labute approximate surface area is 159 Å². The minimum atomic E-state index is -3.57. The predicted octanol–water partition coefficient (Wildman–Crippen LogP) is 2.51. The molecular formula is C17H21ClN4O3S. The number of aromatic nitrogens is 1. The van der Waals surface area contributed by atoms with Crippen molar-refractivity contribution in [2.24, 2.45) is 0 Å². The number of carbonyl (C=O) groups excluding carboxylic acids is 1. The van der Waals surface area contributed by atoms with Crippen molar-refractivity contribution in [1.29, 1.82) is 0 Å². The standard InChI is InChI=1S/C17H20N4O3S.ClH/c18-16-8-7-14(12-19-16)20-17(22)13-5-4-6-15(11-13)25(23,24)21-9-2-1-3-10-21;/h4-8,11-12H,1-3,9-10H2,(H2,18,19)(H,20,22);1H. The number of halogens is 1. The van der Waals surface area contributed by atoms with E-state index in [-0.39, 0.29) is 22.9 Å². The number of nitrogens with zero attached hydrogens (tertiary/aromatic N) is 2. The largest absolute Gasteiger partial charge is 0.384 e. The van der Waals surface area contributed by atoms with Gasteiger partial charge in [0.1, 0.15) is 5.82 Å². The number of carbonyl (C=O) groups is 1. The quantitative estimate of drug-likeness (QED) is 0.825. The molecule has 0 saturated carbocycles. The van der Waals surface area contributed by atoms with Crippen molar-refractivity contribution in [3.63, 3.8) is 0 Å². The summed E-state index contributed by atoms with van der Waals surface area (Å²) in [5.74, 6) is -0.0464. The van der Waals surface area contributed by atoms with E-state index in [9.17, 15) is 13.2 Å². The molecule has 3 rings (SSSR count). The van der Waals surface area contributed by atoms with E-state index in [1.54, 1.807) is 24.3 Å². The van der Waals surface area contributed by atoms with Gasteiger partial charge in [0.25, 0.3) is 5.91 Å². The second-order valence-corrected chi connectivity index (χ2v) is 7.86. The highest BCUT2D eigenvalue weighted by atomic mass is 35.5. The lowest BCUT2D eigenvalue weighted by Crippen LogP contribution is -2.35. The van der Waals surface area contributed by atoms with Crippen LogP contribution in [0.2, 0.25) is 0 Å². The van der Waals surface area contributed by atoms with Gasteiger partial charge in [-0.1, -0.05) is 12.5 Å². The van der Waals surface area contributed by atoms with E-state index in [0.717, 1.165) is 19.3 Å².